The van der Waals surface area contributed by atoms with Gasteiger partial charge in [0.1, 0.15) is 13.2 Å². The fourth-order valence-corrected chi connectivity index (χ4v) is 0.967. The van der Waals surface area contributed by atoms with Gasteiger partial charge in [-0.3, -0.25) is 9.35 Å². The second kappa shape index (κ2) is 6.74. The normalized spacial score (nSPS) is 11.3. The molecule has 0 unspecified atom stereocenters. The van der Waals surface area contributed by atoms with Gasteiger partial charge in [-0.1, -0.05) is 13.3 Å². The van der Waals surface area contributed by atoms with Crippen LogP contribution in [0.2, 0.25) is 0 Å². The first-order valence-corrected chi connectivity index (χ1v) is 5.59. The zero-order valence-electron chi connectivity index (χ0n) is 7.93. The van der Waals surface area contributed by atoms with Crippen molar-refractivity contribution >= 4 is 16.4 Å². The molecule has 0 radical (unpaired) electrons. The molecule has 7 heteroatoms. The van der Waals surface area contributed by atoms with Crippen LogP contribution in [0.3, 0.4) is 0 Å². The highest BCUT2D eigenvalue weighted by molar-refractivity contribution is 7.80. The van der Waals surface area contributed by atoms with Crippen LogP contribution in [0.1, 0.15) is 26.2 Å². The van der Waals surface area contributed by atoms with Crippen LogP contribution < -0.4 is 0 Å². The van der Waals surface area contributed by atoms with E-state index in [1.165, 1.54) is 0 Å². The van der Waals surface area contributed by atoms with Crippen LogP contribution in [-0.4, -0.2) is 32.2 Å². The number of carbonyl (C=O) groups excluding carboxylic acids is 1. The largest absolute Gasteiger partial charge is 0.463 e. The highest BCUT2D eigenvalue weighted by atomic mass is 32.3. The molecule has 0 aromatic carbocycles. The summed E-state index contributed by atoms with van der Waals surface area (Å²) in [5.74, 6) is -0.397. The van der Waals surface area contributed by atoms with E-state index in [2.05, 4.69) is 8.92 Å². The van der Waals surface area contributed by atoms with E-state index in [0.29, 0.717) is 6.42 Å². The third kappa shape index (κ3) is 9.43. The standard InChI is InChI=1S/C7H14O6S/c1-2-3-4-7(8)12-5-6-13-14(9,10)11/h2-6H2,1H3,(H,9,10,11). The van der Waals surface area contributed by atoms with Crippen molar-refractivity contribution in [3.8, 4) is 0 Å². The Morgan fingerprint density at radius 3 is 2.50 bits per heavy atom. The molecule has 0 saturated carbocycles. The van der Waals surface area contributed by atoms with Crippen LogP contribution in [0.15, 0.2) is 0 Å². The Balaban J connectivity index is 3.41. The Morgan fingerprint density at radius 1 is 1.36 bits per heavy atom. The molecule has 0 aliphatic heterocycles. The average Bonchev–Trinajstić information content (AvgIpc) is 2.07. The van der Waals surface area contributed by atoms with Crippen molar-refractivity contribution < 1.29 is 26.7 Å². The maximum atomic E-state index is 10.8. The van der Waals surface area contributed by atoms with Gasteiger partial charge in [0.2, 0.25) is 0 Å². The summed E-state index contributed by atoms with van der Waals surface area (Å²) in [6.45, 7) is 1.40. The number of esters is 1. The van der Waals surface area contributed by atoms with Crippen LogP contribution in [0.5, 0.6) is 0 Å². The van der Waals surface area contributed by atoms with E-state index < -0.39 is 16.4 Å². The smallest absolute Gasteiger partial charge is 0.397 e. The summed E-state index contributed by atoms with van der Waals surface area (Å²) in [5, 5.41) is 0. The van der Waals surface area contributed by atoms with Crippen molar-refractivity contribution in [2.24, 2.45) is 0 Å². The Hall–Kier alpha value is -0.660. The first kappa shape index (κ1) is 13.3. The summed E-state index contributed by atoms with van der Waals surface area (Å²) in [6, 6.07) is 0. The van der Waals surface area contributed by atoms with Gasteiger partial charge in [0.05, 0.1) is 0 Å². The molecular weight excluding hydrogens is 212 g/mol. The van der Waals surface area contributed by atoms with Gasteiger partial charge < -0.3 is 4.74 Å². The summed E-state index contributed by atoms with van der Waals surface area (Å²) in [4.78, 5) is 10.8. The van der Waals surface area contributed by atoms with E-state index in [9.17, 15) is 13.2 Å². The molecule has 0 amide bonds. The molecular formula is C7H14O6S. The average molecular weight is 226 g/mol. The molecule has 6 nitrogen and oxygen atoms in total. The maximum absolute atomic E-state index is 10.8. The fourth-order valence-electron chi connectivity index (χ4n) is 0.688. The van der Waals surface area contributed by atoms with Gasteiger partial charge in [-0.2, -0.15) is 8.42 Å². The predicted molar refractivity (Wildman–Crippen MR) is 48.0 cm³/mol. The van der Waals surface area contributed by atoms with E-state index in [0.717, 1.165) is 12.8 Å². The molecule has 0 heterocycles. The molecule has 1 N–H and O–H groups in total. The van der Waals surface area contributed by atoms with E-state index in [1.807, 2.05) is 6.92 Å². The molecule has 0 saturated heterocycles. The molecule has 0 fully saturated rings. The number of ether oxygens (including phenoxy) is 1. The Labute approximate surface area is 83.2 Å². The molecule has 84 valence electrons. The van der Waals surface area contributed by atoms with Gasteiger partial charge in [-0.25, -0.2) is 4.18 Å². The zero-order valence-corrected chi connectivity index (χ0v) is 8.75. The quantitative estimate of drug-likeness (QED) is 0.387. The fraction of sp³-hybridized carbons (Fsp3) is 0.857. The summed E-state index contributed by atoms with van der Waals surface area (Å²) in [7, 11) is -4.43. The lowest BCUT2D eigenvalue weighted by molar-refractivity contribution is -0.144. The Bertz CT molecular complexity index is 257. The van der Waals surface area contributed by atoms with Crippen molar-refractivity contribution in [2.75, 3.05) is 13.2 Å². The maximum Gasteiger partial charge on any atom is 0.397 e. The van der Waals surface area contributed by atoms with Gasteiger partial charge in [-0.05, 0) is 6.42 Å². The zero-order chi connectivity index (χ0) is 11.0. The van der Waals surface area contributed by atoms with Gasteiger partial charge in [0.25, 0.3) is 0 Å². The second-order valence-corrected chi connectivity index (χ2v) is 3.66. The van der Waals surface area contributed by atoms with Crippen molar-refractivity contribution in [3.63, 3.8) is 0 Å². The van der Waals surface area contributed by atoms with Crippen LogP contribution >= 0.6 is 0 Å². The number of unbranched alkanes of at least 4 members (excludes halogenated alkanes) is 1. The van der Waals surface area contributed by atoms with Crippen molar-refractivity contribution in [1.82, 2.24) is 0 Å². The minimum Gasteiger partial charge on any atom is -0.463 e. The van der Waals surface area contributed by atoms with Gasteiger partial charge >= 0.3 is 16.4 Å². The SMILES string of the molecule is CCCCC(=O)OCCOS(=O)(=O)O. The van der Waals surface area contributed by atoms with Crippen molar-refractivity contribution in [2.45, 2.75) is 26.2 Å². The highest BCUT2D eigenvalue weighted by Crippen LogP contribution is 1.96. The Morgan fingerprint density at radius 2 is 2.00 bits per heavy atom. The van der Waals surface area contributed by atoms with E-state index in [-0.39, 0.29) is 13.2 Å². The molecule has 0 bridgehead atoms. The number of carbonyl (C=O) groups is 1. The van der Waals surface area contributed by atoms with Gasteiger partial charge in [0, 0.05) is 6.42 Å². The van der Waals surface area contributed by atoms with Crippen LogP contribution in [0.25, 0.3) is 0 Å². The highest BCUT2D eigenvalue weighted by Gasteiger charge is 2.05. The lowest BCUT2D eigenvalue weighted by Crippen LogP contribution is -2.13. The van der Waals surface area contributed by atoms with Crippen LogP contribution in [-0.2, 0) is 24.1 Å². The molecule has 0 aromatic heterocycles. The monoisotopic (exact) mass is 226 g/mol. The first-order valence-electron chi connectivity index (χ1n) is 4.23. The second-order valence-electron chi connectivity index (χ2n) is 2.57. The topological polar surface area (TPSA) is 89.9 Å². The van der Waals surface area contributed by atoms with Crippen LogP contribution in [0.4, 0.5) is 0 Å². The molecule has 0 aromatic rings. The summed E-state index contributed by atoms with van der Waals surface area (Å²) >= 11 is 0. The van der Waals surface area contributed by atoms with E-state index in [4.69, 9.17) is 4.55 Å². The minimum atomic E-state index is -4.43. The molecule has 0 spiro atoms. The van der Waals surface area contributed by atoms with Crippen LogP contribution in [0, 0.1) is 0 Å². The lowest BCUT2D eigenvalue weighted by atomic mass is 10.2. The first-order chi connectivity index (χ1) is 6.45. The molecule has 0 aliphatic rings. The lowest BCUT2D eigenvalue weighted by Gasteiger charge is -2.03. The number of rotatable bonds is 7. The summed E-state index contributed by atoms with van der Waals surface area (Å²) in [6.07, 6.45) is 1.93. The van der Waals surface area contributed by atoms with Gasteiger partial charge in [0.15, 0.2) is 0 Å². The minimum absolute atomic E-state index is 0.178. The van der Waals surface area contributed by atoms with E-state index in [1.54, 1.807) is 0 Å². The Kier molecular flexibility index (Phi) is 6.43. The number of hydrogen-bond donors (Lipinski definition) is 1. The predicted octanol–water partition coefficient (Wildman–Crippen LogP) is 0.539. The molecule has 14 heavy (non-hydrogen) atoms. The molecule has 0 rings (SSSR count). The van der Waals surface area contributed by atoms with E-state index >= 15 is 0 Å². The molecule has 0 atom stereocenters. The third-order valence-corrected chi connectivity index (χ3v) is 1.78. The van der Waals surface area contributed by atoms with Gasteiger partial charge in [-0.15, -0.1) is 0 Å². The third-order valence-electron chi connectivity index (χ3n) is 1.31. The number of hydrogen-bond acceptors (Lipinski definition) is 5. The van der Waals surface area contributed by atoms with Crippen molar-refractivity contribution in [3.05, 3.63) is 0 Å². The summed E-state index contributed by atoms with van der Waals surface area (Å²) in [5.41, 5.74) is 0. The summed E-state index contributed by atoms with van der Waals surface area (Å²) < 4.78 is 36.8. The molecule has 0 aliphatic carbocycles. The van der Waals surface area contributed by atoms with Crippen molar-refractivity contribution in [1.29, 1.82) is 0 Å².